The highest BCUT2D eigenvalue weighted by atomic mass is 35.5. The average molecular weight is 589 g/mol. The third kappa shape index (κ3) is 4.98. The molecule has 0 radical (unpaired) electrons. The number of benzene rings is 4. The maximum atomic E-state index is 13.6. The van der Waals surface area contributed by atoms with E-state index in [0.29, 0.717) is 61.5 Å². The topological polar surface area (TPSA) is 93.6 Å². The highest BCUT2D eigenvalue weighted by Crippen LogP contribution is 2.33. The van der Waals surface area contributed by atoms with Gasteiger partial charge in [0, 0.05) is 21.5 Å². The molecule has 0 saturated carbocycles. The minimum atomic E-state index is -0.964. The van der Waals surface area contributed by atoms with E-state index in [1.54, 1.807) is 97.9 Å². The van der Waals surface area contributed by atoms with Gasteiger partial charge in [-0.2, -0.15) is 0 Å². The fourth-order valence-electron chi connectivity index (χ4n) is 5.23. The molecule has 0 saturated heterocycles. The third-order valence-electron chi connectivity index (χ3n) is 7.57. The monoisotopic (exact) mass is 588 g/mol. The first-order valence-corrected chi connectivity index (χ1v) is 14.1. The number of hydrogen-bond acceptors (Lipinski definition) is 6. The number of carbonyl (C=O) groups excluding carboxylic acids is 4. The summed E-state index contributed by atoms with van der Waals surface area (Å²) in [4.78, 5) is 58.6. The number of halogens is 1. The van der Waals surface area contributed by atoms with Gasteiger partial charge in [-0.15, -0.1) is 0 Å². The molecule has 6 rings (SSSR count). The van der Waals surface area contributed by atoms with Gasteiger partial charge in [0.1, 0.15) is 0 Å². The molecule has 4 aromatic carbocycles. The molecule has 7 nitrogen and oxygen atoms in total. The van der Waals surface area contributed by atoms with Crippen LogP contribution < -0.4 is 4.90 Å². The lowest BCUT2D eigenvalue weighted by Gasteiger charge is -2.17. The summed E-state index contributed by atoms with van der Waals surface area (Å²) in [6.07, 6.45) is -0.659. The molecule has 1 aromatic heterocycles. The molecule has 0 aliphatic carbocycles. The van der Waals surface area contributed by atoms with E-state index in [0.717, 1.165) is 4.90 Å². The van der Waals surface area contributed by atoms with Gasteiger partial charge in [0.25, 0.3) is 11.8 Å². The molecule has 0 fully saturated rings. The van der Waals surface area contributed by atoms with Gasteiger partial charge < -0.3 is 4.74 Å². The van der Waals surface area contributed by atoms with Crippen LogP contribution in [0.3, 0.4) is 0 Å². The summed E-state index contributed by atoms with van der Waals surface area (Å²) in [5.74, 6) is -1.71. The van der Waals surface area contributed by atoms with Crippen LogP contribution in [0.25, 0.3) is 22.2 Å². The number of rotatable bonds is 7. The first-order chi connectivity index (χ1) is 20.8. The maximum absolute atomic E-state index is 13.6. The number of Topliss-reactive ketones (excluding diaryl/α,β-unsaturated/α-hetero) is 1. The van der Waals surface area contributed by atoms with Crippen molar-refractivity contribution in [1.82, 2.24) is 4.98 Å². The van der Waals surface area contributed by atoms with E-state index in [9.17, 15) is 19.2 Å². The molecule has 1 aliphatic heterocycles. The van der Waals surface area contributed by atoms with Gasteiger partial charge in [0.05, 0.1) is 33.6 Å². The van der Waals surface area contributed by atoms with Crippen LogP contribution >= 0.6 is 11.6 Å². The van der Waals surface area contributed by atoms with Gasteiger partial charge in [-0.1, -0.05) is 79.2 Å². The van der Waals surface area contributed by atoms with Gasteiger partial charge in [-0.05, 0) is 55.3 Å². The van der Waals surface area contributed by atoms with E-state index in [2.05, 4.69) is 0 Å². The summed E-state index contributed by atoms with van der Waals surface area (Å²) in [6, 6.07) is 27.2. The number of aryl methyl sites for hydroxylation is 1. The second-order valence-corrected chi connectivity index (χ2v) is 10.6. The van der Waals surface area contributed by atoms with E-state index in [1.165, 1.54) is 0 Å². The molecule has 1 unspecified atom stereocenters. The Morgan fingerprint density at radius 3 is 2.12 bits per heavy atom. The van der Waals surface area contributed by atoms with E-state index >= 15 is 0 Å². The molecule has 2 heterocycles. The number of imide groups is 1. The van der Waals surface area contributed by atoms with Crippen molar-refractivity contribution in [2.45, 2.75) is 26.4 Å². The number of fused-ring (bicyclic) bond motifs is 2. The minimum absolute atomic E-state index is 0.239. The number of carbonyl (C=O) groups is 4. The summed E-state index contributed by atoms with van der Waals surface area (Å²) in [7, 11) is 0. The molecule has 0 N–H and O–H groups in total. The van der Waals surface area contributed by atoms with Gasteiger partial charge in [-0.3, -0.25) is 14.4 Å². The predicted molar refractivity (Wildman–Crippen MR) is 165 cm³/mol. The highest BCUT2D eigenvalue weighted by molar-refractivity contribution is 6.34. The summed E-state index contributed by atoms with van der Waals surface area (Å²) in [6.45, 7) is 3.60. The number of ketones is 1. The largest absolute Gasteiger partial charge is 0.450 e. The van der Waals surface area contributed by atoms with E-state index in [-0.39, 0.29) is 23.2 Å². The molecule has 0 bridgehead atoms. The number of aromatic nitrogens is 1. The van der Waals surface area contributed by atoms with Crippen molar-refractivity contribution in [1.29, 1.82) is 0 Å². The zero-order valence-corrected chi connectivity index (χ0v) is 24.1. The number of hydrogen-bond donors (Lipinski definition) is 0. The van der Waals surface area contributed by atoms with Crippen molar-refractivity contribution in [3.8, 4) is 11.3 Å². The van der Waals surface area contributed by atoms with Crippen molar-refractivity contribution < 1.29 is 23.9 Å². The molecule has 43 heavy (non-hydrogen) atoms. The summed E-state index contributed by atoms with van der Waals surface area (Å²) >= 11 is 6.42. The van der Waals surface area contributed by atoms with Crippen LogP contribution in [0.15, 0.2) is 97.1 Å². The molecule has 1 atom stereocenters. The molecular weight excluding hydrogens is 564 g/mol. The Morgan fingerprint density at radius 2 is 1.49 bits per heavy atom. The van der Waals surface area contributed by atoms with Crippen LogP contribution in [0.5, 0.6) is 0 Å². The van der Waals surface area contributed by atoms with Crippen molar-refractivity contribution in [3.63, 3.8) is 0 Å². The van der Waals surface area contributed by atoms with Gasteiger partial charge >= 0.3 is 5.97 Å². The fourth-order valence-corrected chi connectivity index (χ4v) is 5.38. The standard InChI is InChI=1S/C35H25ClN2O5/c1-3-30(32(39)22-9-5-4-6-10-22)43-35(42)27-19-29(37-31-20(2)28(36)18-17-24(27)31)21-13-15-23(16-14-21)38-33(40)25-11-7-8-12-26(25)34(38)41/h4-19,30H,3H2,1-2H3. The molecule has 2 amide bonds. The lowest BCUT2D eigenvalue weighted by Crippen LogP contribution is -2.29. The molecule has 1 aliphatic rings. The Kier molecular flexibility index (Phi) is 7.34. The summed E-state index contributed by atoms with van der Waals surface area (Å²) in [5.41, 5.74) is 4.14. The van der Waals surface area contributed by atoms with Crippen molar-refractivity contribution in [3.05, 3.63) is 130 Å². The first kappa shape index (κ1) is 28.0. The zero-order valence-electron chi connectivity index (χ0n) is 23.3. The first-order valence-electron chi connectivity index (χ1n) is 13.8. The normalized spacial score (nSPS) is 13.2. The fraction of sp³-hybridized carbons (Fsp3) is 0.114. The van der Waals surface area contributed by atoms with Gasteiger partial charge in [-0.25, -0.2) is 14.7 Å². The van der Waals surface area contributed by atoms with Crippen molar-refractivity contribution in [2.24, 2.45) is 0 Å². The Bertz CT molecular complexity index is 1900. The Labute approximate surface area is 252 Å². The van der Waals surface area contributed by atoms with E-state index < -0.39 is 12.1 Å². The van der Waals surface area contributed by atoms with Gasteiger partial charge in [0.2, 0.25) is 5.78 Å². The zero-order chi connectivity index (χ0) is 30.2. The third-order valence-corrected chi connectivity index (χ3v) is 7.98. The van der Waals surface area contributed by atoms with Crippen LogP contribution in [-0.4, -0.2) is 34.7 Å². The van der Waals surface area contributed by atoms with Crippen LogP contribution in [0.1, 0.15) is 60.3 Å². The van der Waals surface area contributed by atoms with Crippen LogP contribution in [0, 0.1) is 6.92 Å². The van der Waals surface area contributed by atoms with Crippen molar-refractivity contribution in [2.75, 3.05) is 4.90 Å². The Hall–Kier alpha value is -5.14. The molecule has 8 heteroatoms. The Balaban J connectivity index is 1.36. The highest BCUT2D eigenvalue weighted by Gasteiger charge is 2.36. The number of pyridine rings is 1. The van der Waals surface area contributed by atoms with Gasteiger partial charge in [0.15, 0.2) is 6.10 Å². The average Bonchev–Trinajstić information content (AvgIpc) is 3.30. The molecule has 5 aromatic rings. The number of esters is 1. The van der Waals surface area contributed by atoms with E-state index in [4.69, 9.17) is 21.3 Å². The molecule has 0 spiro atoms. The van der Waals surface area contributed by atoms with Crippen LogP contribution in [0.4, 0.5) is 5.69 Å². The van der Waals surface area contributed by atoms with Crippen LogP contribution in [0.2, 0.25) is 5.02 Å². The quantitative estimate of drug-likeness (QED) is 0.111. The number of amides is 2. The predicted octanol–water partition coefficient (Wildman–Crippen LogP) is 7.48. The van der Waals surface area contributed by atoms with E-state index in [1.807, 2.05) is 13.0 Å². The lowest BCUT2D eigenvalue weighted by molar-refractivity contribution is 0.0279. The Morgan fingerprint density at radius 1 is 0.860 bits per heavy atom. The van der Waals surface area contributed by atoms with Crippen LogP contribution in [-0.2, 0) is 4.74 Å². The summed E-state index contributed by atoms with van der Waals surface area (Å²) in [5, 5.41) is 1.03. The number of ether oxygens (including phenoxy) is 1. The molecule has 212 valence electrons. The van der Waals surface area contributed by atoms with Crippen molar-refractivity contribution >= 4 is 51.8 Å². The lowest BCUT2D eigenvalue weighted by atomic mass is 10.0. The summed E-state index contributed by atoms with van der Waals surface area (Å²) < 4.78 is 5.78. The maximum Gasteiger partial charge on any atom is 0.339 e. The smallest absolute Gasteiger partial charge is 0.339 e. The second-order valence-electron chi connectivity index (χ2n) is 10.2. The second kappa shape index (κ2) is 11.3. The minimum Gasteiger partial charge on any atom is -0.450 e. The number of anilines is 1. The number of nitrogens with zero attached hydrogens (tertiary/aromatic N) is 2. The molecular formula is C35H25ClN2O5. The SMILES string of the molecule is CCC(OC(=O)c1cc(-c2ccc(N3C(=O)c4ccccc4C3=O)cc2)nc2c(C)c(Cl)ccc12)C(=O)c1ccccc1.